The van der Waals surface area contributed by atoms with Gasteiger partial charge in [0.05, 0.1) is 5.02 Å². The van der Waals surface area contributed by atoms with Crippen molar-refractivity contribution in [2.75, 3.05) is 18.5 Å². The molecule has 0 spiro atoms. The van der Waals surface area contributed by atoms with E-state index in [1.54, 1.807) is 6.07 Å². The van der Waals surface area contributed by atoms with Gasteiger partial charge in [-0.15, -0.1) is 0 Å². The number of pyridine rings is 1. The predicted molar refractivity (Wildman–Crippen MR) is 106 cm³/mol. The zero-order valence-electron chi connectivity index (χ0n) is 13.9. The molecule has 8 heteroatoms. The number of halogens is 2. The molecule has 3 aromatic heterocycles. The van der Waals surface area contributed by atoms with E-state index in [0.29, 0.717) is 40.1 Å². The lowest BCUT2D eigenvalue weighted by Crippen LogP contribution is -2.15. The molecule has 136 valence electrons. The fourth-order valence-electron chi connectivity index (χ4n) is 3.01. The van der Waals surface area contributed by atoms with E-state index in [2.05, 4.69) is 21.2 Å². The smallest absolute Gasteiger partial charge is 0.169 e. The Morgan fingerprint density at radius 3 is 2.70 bits per heavy atom. The number of rotatable bonds is 3. The Morgan fingerprint density at radius 1 is 1.04 bits per heavy atom. The monoisotopic (exact) mass is 445 g/mol. The van der Waals surface area contributed by atoms with Gasteiger partial charge in [0.1, 0.15) is 30.4 Å². The zero-order valence-corrected chi connectivity index (χ0v) is 16.3. The summed E-state index contributed by atoms with van der Waals surface area (Å²) < 4.78 is 19.5. The molecule has 1 N–H and O–H groups in total. The van der Waals surface area contributed by atoms with Gasteiger partial charge in [0.15, 0.2) is 21.9 Å². The van der Waals surface area contributed by atoms with E-state index in [4.69, 9.17) is 30.5 Å². The molecular weight excluding hydrogens is 434 g/mol. The summed E-state index contributed by atoms with van der Waals surface area (Å²) in [7, 11) is 0. The molecule has 0 bridgehead atoms. The Kier molecular flexibility index (Phi) is 3.98. The fourth-order valence-corrected chi connectivity index (χ4v) is 3.48. The number of anilines is 2. The quantitative estimate of drug-likeness (QED) is 0.449. The molecule has 6 nitrogen and oxygen atoms in total. The van der Waals surface area contributed by atoms with Gasteiger partial charge in [-0.3, -0.25) is 4.40 Å². The summed E-state index contributed by atoms with van der Waals surface area (Å²) in [5.74, 6) is 2.83. The van der Waals surface area contributed by atoms with E-state index in [-0.39, 0.29) is 0 Å². The highest BCUT2D eigenvalue weighted by Gasteiger charge is 2.19. The molecule has 0 atom stereocenters. The van der Waals surface area contributed by atoms with Gasteiger partial charge in [-0.05, 0) is 52.3 Å². The zero-order chi connectivity index (χ0) is 18.4. The third kappa shape index (κ3) is 3.02. The van der Waals surface area contributed by atoms with Gasteiger partial charge in [0.2, 0.25) is 0 Å². The maximum atomic E-state index is 6.20. The Labute approximate surface area is 167 Å². The summed E-state index contributed by atoms with van der Waals surface area (Å²) in [6.45, 7) is 1.09. The summed E-state index contributed by atoms with van der Waals surface area (Å²) in [4.78, 5) is 4.69. The lowest BCUT2D eigenvalue weighted by Gasteiger charge is -2.19. The van der Waals surface area contributed by atoms with Crippen LogP contribution in [0, 0.1) is 0 Å². The lowest BCUT2D eigenvalue weighted by atomic mass is 10.2. The number of furan rings is 1. The number of ether oxygens (including phenoxy) is 2. The van der Waals surface area contributed by atoms with Crippen molar-refractivity contribution in [2.24, 2.45) is 0 Å². The van der Waals surface area contributed by atoms with Crippen LogP contribution < -0.4 is 14.8 Å². The molecule has 0 saturated carbocycles. The predicted octanol–water partition coefficient (Wildman–Crippen LogP) is 5.53. The van der Waals surface area contributed by atoms with E-state index in [9.17, 15) is 0 Å². The molecule has 0 unspecified atom stereocenters. The number of aromatic nitrogens is 2. The van der Waals surface area contributed by atoms with Crippen molar-refractivity contribution in [3.8, 4) is 23.0 Å². The largest absolute Gasteiger partial charge is 0.486 e. The molecule has 1 aromatic carbocycles. The van der Waals surface area contributed by atoms with Crippen molar-refractivity contribution in [1.29, 1.82) is 0 Å². The molecular formula is C19H13BrClN3O3. The third-order valence-electron chi connectivity index (χ3n) is 4.19. The molecule has 5 rings (SSSR count). The maximum absolute atomic E-state index is 6.20. The van der Waals surface area contributed by atoms with Crippen LogP contribution in [0.4, 0.5) is 11.5 Å². The first-order valence-electron chi connectivity index (χ1n) is 8.27. The van der Waals surface area contributed by atoms with E-state index in [1.165, 1.54) is 0 Å². The molecule has 0 fully saturated rings. The molecule has 1 aliphatic rings. The molecule has 0 radical (unpaired) electrons. The van der Waals surface area contributed by atoms with E-state index < -0.39 is 0 Å². The first kappa shape index (κ1) is 16.5. The molecule has 1 aliphatic heterocycles. The summed E-state index contributed by atoms with van der Waals surface area (Å²) >= 11 is 9.55. The van der Waals surface area contributed by atoms with Crippen LogP contribution >= 0.6 is 27.5 Å². The molecule has 0 aliphatic carbocycles. The average molecular weight is 447 g/mol. The summed E-state index contributed by atoms with van der Waals surface area (Å²) in [5, 5.41) is 4.02. The second kappa shape index (κ2) is 6.51. The second-order valence-electron chi connectivity index (χ2n) is 5.97. The summed E-state index contributed by atoms with van der Waals surface area (Å²) in [5.41, 5.74) is 2.27. The van der Waals surface area contributed by atoms with Crippen molar-refractivity contribution in [3.63, 3.8) is 0 Å². The first-order chi connectivity index (χ1) is 13.2. The van der Waals surface area contributed by atoms with E-state index in [1.807, 2.05) is 47.0 Å². The fraction of sp³-hybridized carbons (Fsp3) is 0.105. The molecule has 4 heterocycles. The molecule has 4 aromatic rings. The van der Waals surface area contributed by atoms with Gasteiger partial charge in [-0.2, -0.15) is 0 Å². The number of hydrogen-bond donors (Lipinski definition) is 1. The maximum Gasteiger partial charge on any atom is 0.169 e. The van der Waals surface area contributed by atoms with Gasteiger partial charge < -0.3 is 19.2 Å². The van der Waals surface area contributed by atoms with Crippen LogP contribution in [0.15, 0.2) is 57.7 Å². The topological polar surface area (TPSA) is 60.9 Å². The minimum Gasteiger partial charge on any atom is -0.486 e. The summed E-state index contributed by atoms with van der Waals surface area (Å²) in [6.07, 6.45) is 1.81. The third-order valence-corrected chi connectivity index (χ3v) is 4.84. The van der Waals surface area contributed by atoms with Gasteiger partial charge in [-0.1, -0.05) is 11.6 Å². The van der Waals surface area contributed by atoms with Crippen molar-refractivity contribution >= 4 is 44.7 Å². The number of hydrogen-bond acceptors (Lipinski definition) is 5. The Bertz CT molecular complexity index is 1150. The van der Waals surface area contributed by atoms with Crippen LogP contribution in [-0.2, 0) is 0 Å². The van der Waals surface area contributed by atoms with Crippen LogP contribution in [0.3, 0.4) is 0 Å². The van der Waals surface area contributed by atoms with Gasteiger partial charge in [0, 0.05) is 18.0 Å². The first-order valence-corrected chi connectivity index (χ1v) is 9.44. The number of imidazole rings is 1. The number of benzene rings is 1. The average Bonchev–Trinajstić information content (AvgIpc) is 3.25. The number of nitrogens with zero attached hydrogens (tertiary/aromatic N) is 2. The minimum atomic E-state index is 0.535. The van der Waals surface area contributed by atoms with Crippen LogP contribution in [0.2, 0.25) is 5.02 Å². The van der Waals surface area contributed by atoms with Crippen LogP contribution in [0.25, 0.3) is 17.1 Å². The van der Waals surface area contributed by atoms with Crippen LogP contribution in [-0.4, -0.2) is 22.6 Å². The van der Waals surface area contributed by atoms with Gasteiger partial charge >= 0.3 is 0 Å². The molecule has 0 saturated heterocycles. The number of fused-ring (bicyclic) bond motifs is 2. The van der Waals surface area contributed by atoms with E-state index in [0.717, 1.165) is 22.9 Å². The lowest BCUT2D eigenvalue weighted by molar-refractivity contribution is 0.171. The molecule has 27 heavy (non-hydrogen) atoms. The highest BCUT2D eigenvalue weighted by molar-refractivity contribution is 9.10. The second-order valence-corrected chi connectivity index (χ2v) is 7.19. The van der Waals surface area contributed by atoms with Crippen molar-refractivity contribution in [1.82, 2.24) is 9.38 Å². The summed E-state index contributed by atoms with van der Waals surface area (Å²) in [6, 6.07) is 13.1. The van der Waals surface area contributed by atoms with Crippen molar-refractivity contribution in [2.45, 2.75) is 0 Å². The Balaban J connectivity index is 1.63. The van der Waals surface area contributed by atoms with Crippen molar-refractivity contribution < 1.29 is 13.9 Å². The Hall–Kier alpha value is -2.64. The SMILES string of the molecule is Clc1ccc2nc(-c3ccc(Br)o3)c(Nc3ccc4c(c3)OCCO4)n2c1. The highest BCUT2D eigenvalue weighted by atomic mass is 79.9. The Morgan fingerprint density at radius 2 is 1.89 bits per heavy atom. The minimum absolute atomic E-state index is 0.535. The molecule has 0 amide bonds. The van der Waals surface area contributed by atoms with Gasteiger partial charge in [0.25, 0.3) is 0 Å². The van der Waals surface area contributed by atoms with Gasteiger partial charge in [-0.25, -0.2) is 4.98 Å². The highest BCUT2D eigenvalue weighted by Crippen LogP contribution is 2.37. The number of nitrogens with one attached hydrogen (secondary N) is 1. The normalized spacial score (nSPS) is 13.1. The van der Waals surface area contributed by atoms with E-state index >= 15 is 0 Å². The van der Waals surface area contributed by atoms with Crippen LogP contribution in [0.5, 0.6) is 11.5 Å². The van der Waals surface area contributed by atoms with Crippen molar-refractivity contribution in [3.05, 3.63) is 58.4 Å². The van der Waals surface area contributed by atoms with Crippen LogP contribution in [0.1, 0.15) is 0 Å². The standard InChI is InChI=1S/C19H13BrClN3O3/c20-16-5-4-14(27-16)18-19(24-10-11(21)1-6-17(24)23-18)22-12-2-3-13-15(9-12)26-8-7-25-13/h1-6,9-10,22H,7-8H2.